The molecular formula is C11H22ClNO3. The van der Waals surface area contributed by atoms with Crippen molar-refractivity contribution in [1.82, 2.24) is 0 Å². The number of esters is 1. The zero-order valence-electron chi connectivity index (χ0n) is 9.72. The smallest absolute Gasteiger partial charge is 0.307 e. The van der Waals surface area contributed by atoms with Crippen LogP contribution in [-0.4, -0.2) is 29.8 Å². The maximum absolute atomic E-state index is 11.2. The lowest BCUT2D eigenvalue weighted by atomic mass is 9.82. The fourth-order valence-electron chi connectivity index (χ4n) is 2.11. The van der Waals surface area contributed by atoms with Crippen LogP contribution in [0.3, 0.4) is 0 Å². The summed E-state index contributed by atoms with van der Waals surface area (Å²) in [5, 5.41) is 9.34. The van der Waals surface area contributed by atoms with Gasteiger partial charge < -0.3 is 15.6 Å². The van der Waals surface area contributed by atoms with E-state index in [0.717, 1.165) is 25.7 Å². The number of carbonyl (C=O) groups excluding carboxylic acids is 1. The topological polar surface area (TPSA) is 72.5 Å². The zero-order chi connectivity index (χ0) is 11.3. The predicted octanol–water partition coefficient (Wildman–Crippen LogP) is 1.24. The Kier molecular flexibility index (Phi) is 7.72. The lowest BCUT2D eigenvalue weighted by Crippen LogP contribution is -2.36. The highest BCUT2D eigenvalue weighted by Gasteiger charge is 2.26. The van der Waals surface area contributed by atoms with E-state index in [0.29, 0.717) is 18.9 Å². The van der Waals surface area contributed by atoms with Gasteiger partial charge in [-0.05, 0) is 38.5 Å². The van der Waals surface area contributed by atoms with Crippen molar-refractivity contribution in [3.8, 4) is 0 Å². The van der Waals surface area contributed by atoms with Crippen molar-refractivity contribution in [2.75, 3.05) is 6.61 Å². The van der Waals surface area contributed by atoms with Gasteiger partial charge in [0, 0.05) is 6.04 Å². The van der Waals surface area contributed by atoms with Gasteiger partial charge in [0.05, 0.1) is 19.1 Å². The fourth-order valence-corrected chi connectivity index (χ4v) is 2.11. The Morgan fingerprint density at radius 3 is 2.50 bits per heavy atom. The van der Waals surface area contributed by atoms with Crippen molar-refractivity contribution in [2.45, 2.75) is 51.2 Å². The monoisotopic (exact) mass is 251 g/mol. The second-order valence-electron chi connectivity index (χ2n) is 4.24. The number of nitrogens with two attached hydrogens (primary N) is 1. The minimum Gasteiger partial charge on any atom is -0.466 e. The number of halogens is 1. The van der Waals surface area contributed by atoms with E-state index < -0.39 is 0 Å². The Morgan fingerprint density at radius 1 is 1.44 bits per heavy atom. The van der Waals surface area contributed by atoms with Crippen molar-refractivity contribution in [3.63, 3.8) is 0 Å². The number of ether oxygens (including phenoxy) is 1. The summed E-state index contributed by atoms with van der Waals surface area (Å²) in [5.41, 5.74) is 5.94. The lowest BCUT2D eigenvalue weighted by Gasteiger charge is -2.29. The first kappa shape index (κ1) is 15.7. The van der Waals surface area contributed by atoms with Gasteiger partial charge >= 0.3 is 5.97 Å². The molecule has 0 bridgehead atoms. The number of aliphatic hydroxyl groups excluding tert-OH is 1. The highest BCUT2D eigenvalue weighted by atomic mass is 35.5. The molecule has 1 unspecified atom stereocenters. The van der Waals surface area contributed by atoms with Crippen molar-refractivity contribution in [1.29, 1.82) is 0 Å². The van der Waals surface area contributed by atoms with Crippen molar-refractivity contribution in [2.24, 2.45) is 11.7 Å². The Morgan fingerprint density at radius 2 is 2.00 bits per heavy atom. The fraction of sp³-hybridized carbons (Fsp3) is 0.909. The van der Waals surface area contributed by atoms with Gasteiger partial charge in [0.2, 0.25) is 0 Å². The molecule has 0 aromatic heterocycles. The molecule has 1 rings (SSSR count). The minimum absolute atomic E-state index is 0. The number of aliphatic hydroxyl groups is 1. The van der Waals surface area contributed by atoms with Crippen LogP contribution in [0.4, 0.5) is 0 Å². The van der Waals surface area contributed by atoms with Gasteiger partial charge in [0.25, 0.3) is 0 Å². The summed E-state index contributed by atoms with van der Waals surface area (Å²) in [7, 11) is 0. The molecule has 1 fully saturated rings. The molecule has 5 heteroatoms. The Labute approximate surface area is 103 Å². The Bertz CT molecular complexity index is 205. The van der Waals surface area contributed by atoms with Crippen LogP contribution >= 0.6 is 12.4 Å². The van der Waals surface area contributed by atoms with Gasteiger partial charge in [-0.1, -0.05) is 0 Å². The molecule has 4 nitrogen and oxygen atoms in total. The highest BCUT2D eigenvalue weighted by molar-refractivity contribution is 5.85. The van der Waals surface area contributed by atoms with Crippen LogP contribution in [-0.2, 0) is 9.53 Å². The summed E-state index contributed by atoms with van der Waals surface area (Å²) in [6, 6.07) is -0.114. The first-order valence-electron chi connectivity index (χ1n) is 5.72. The van der Waals surface area contributed by atoms with Gasteiger partial charge in [-0.25, -0.2) is 0 Å². The summed E-state index contributed by atoms with van der Waals surface area (Å²) in [6.45, 7) is 2.20. The van der Waals surface area contributed by atoms with Crippen molar-refractivity contribution in [3.05, 3.63) is 0 Å². The Hall–Kier alpha value is -0.320. The summed E-state index contributed by atoms with van der Waals surface area (Å²) in [6.07, 6.45) is 3.58. The summed E-state index contributed by atoms with van der Waals surface area (Å²) in [4.78, 5) is 11.2. The summed E-state index contributed by atoms with van der Waals surface area (Å²) < 4.78 is 4.86. The molecule has 0 heterocycles. The van der Waals surface area contributed by atoms with E-state index in [4.69, 9.17) is 10.5 Å². The standard InChI is InChI=1S/C11H21NO3.ClH/c1-2-15-11(14)7-10(12)8-3-5-9(13)6-4-8;/h8-10,13H,2-7,12H2,1H3;1H. The van der Waals surface area contributed by atoms with E-state index in [1.165, 1.54) is 0 Å². The highest BCUT2D eigenvalue weighted by Crippen LogP contribution is 2.27. The first-order chi connectivity index (χ1) is 7.13. The molecule has 3 N–H and O–H groups in total. The second-order valence-corrected chi connectivity index (χ2v) is 4.24. The molecular weight excluding hydrogens is 230 g/mol. The van der Waals surface area contributed by atoms with Gasteiger partial charge in [0.15, 0.2) is 0 Å². The molecule has 1 atom stereocenters. The van der Waals surface area contributed by atoms with Crippen LogP contribution in [0.1, 0.15) is 39.0 Å². The third kappa shape index (κ3) is 5.14. The average molecular weight is 252 g/mol. The molecule has 0 aromatic carbocycles. The van der Waals surface area contributed by atoms with Gasteiger partial charge in [0.1, 0.15) is 0 Å². The van der Waals surface area contributed by atoms with E-state index in [-0.39, 0.29) is 30.5 Å². The van der Waals surface area contributed by atoms with Crippen LogP contribution in [0, 0.1) is 5.92 Å². The molecule has 16 heavy (non-hydrogen) atoms. The number of hydrogen-bond acceptors (Lipinski definition) is 4. The number of hydrogen-bond donors (Lipinski definition) is 2. The van der Waals surface area contributed by atoms with Crippen LogP contribution in [0.5, 0.6) is 0 Å². The largest absolute Gasteiger partial charge is 0.466 e. The van der Waals surface area contributed by atoms with Gasteiger partial charge in [-0.15, -0.1) is 12.4 Å². The zero-order valence-corrected chi connectivity index (χ0v) is 10.5. The van der Waals surface area contributed by atoms with Crippen LogP contribution in [0.2, 0.25) is 0 Å². The molecule has 1 aliphatic carbocycles. The van der Waals surface area contributed by atoms with Gasteiger partial charge in [-0.2, -0.15) is 0 Å². The van der Waals surface area contributed by atoms with Crippen LogP contribution in [0.15, 0.2) is 0 Å². The van der Waals surface area contributed by atoms with Crippen molar-refractivity contribution >= 4 is 18.4 Å². The molecule has 0 saturated heterocycles. The Balaban J connectivity index is 0.00000225. The molecule has 1 saturated carbocycles. The van der Waals surface area contributed by atoms with Crippen molar-refractivity contribution < 1.29 is 14.6 Å². The average Bonchev–Trinajstić information content (AvgIpc) is 2.18. The maximum atomic E-state index is 11.2. The van der Waals surface area contributed by atoms with Crippen LogP contribution in [0.25, 0.3) is 0 Å². The SMILES string of the molecule is CCOC(=O)CC(N)C1CCC(O)CC1.Cl. The van der Waals surface area contributed by atoms with Gasteiger partial charge in [-0.3, -0.25) is 4.79 Å². The predicted molar refractivity (Wildman–Crippen MR) is 64.4 cm³/mol. The third-order valence-electron chi connectivity index (χ3n) is 3.05. The molecule has 0 aromatic rings. The molecule has 0 aliphatic heterocycles. The first-order valence-corrected chi connectivity index (χ1v) is 5.72. The molecule has 0 radical (unpaired) electrons. The molecule has 96 valence electrons. The second kappa shape index (κ2) is 7.87. The molecule has 0 spiro atoms. The summed E-state index contributed by atoms with van der Waals surface area (Å²) in [5.74, 6) is 0.147. The van der Waals surface area contributed by atoms with E-state index in [9.17, 15) is 9.90 Å². The molecule has 1 aliphatic rings. The van der Waals surface area contributed by atoms with E-state index in [1.54, 1.807) is 6.92 Å². The van der Waals surface area contributed by atoms with Crippen LogP contribution < -0.4 is 5.73 Å². The quantitative estimate of drug-likeness (QED) is 0.738. The lowest BCUT2D eigenvalue weighted by molar-refractivity contribution is -0.143. The van der Waals surface area contributed by atoms with E-state index >= 15 is 0 Å². The maximum Gasteiger partial charge on any atom is 0.307 e. The number of rotatable bonds is 4. The van der Waals surface area contributed by atoms with E-state index in [2.05, 4.69) is 0 Å². The third-order valence-corrected chi connectivity index (χ3v) is 3.05. The normalized spacial score (nSPS) is 26.7. The van der Waals surface area contributed by atoms with E-state index in [1.807, 2.05) is 0 Å². The number of carbonyl (C=O) groups is 1. The molecule has 0 amide bonds. The summed E-state index contributed by atoms with van der Waals surface area (Å²) >= 11 is 0. The minimum atomic E-state index is -0.212.